The summed E-state index contributed by atoms with van der Waals surface area (Å²) < 4.78 is 24.5. The van der Waals surface area contributed by atoms with Crippen LogP contribution in [0.15, 0.2) is 12.1 Å². The summed E-state index contributed by atoms with van der Waals surface area (Å²) in [6.07, 6.45) is -2.47. The average Bonchev–Trinajstić information content (AvgIpc) is 2.65. The van der Waals surface area contributed by atoms with Crippen LogP contribution in [0.3, 0.4) is 0 Å². The number of aromatic carboxylic acids is 1. The van der Waals surface area contributed by atoms with Gasteiger partial charge in [0.05, 0.1) is 13.2 Å². The highest BCUT2D eigenvalue weighted by Gasteiger charge is 2.14. The molecule has 17 heavy (non-hydrogen) atoms. The third kappa shape index (κ3) is 4.76. The van der Waals surface area contributed by atoms with Gasteiger partial charge in [0.2, 0.25) is 0 Å². The minimum Gasteiger partial charge on any atom is -0.477 e. The van der Waals surface area contributed by atoms with Crippen molar-refractivity contribution in [2.24, 2.45) is 0 Å². The van der Waals surface area contributed by atoms with E-state index in [-0.39, 0.29) is 24.6 Å². The Kier molecular flexibility index (Phi) is 5.46. The van der Waals surface area contributed by atoms with Crippen LogP contribution in [0.5, 0.6) is 0 Å². The Morgan fingerprint density at radius 2 is 2.18 bits per heavy atom. The SMILES string of the molecule is O=C(O)c1ccc(CN(CCO)CC(F)F)s1. The first-order chi connectivity index (χ1) is 8.02. The lowest BCUT2D eigenvalue weighted by molar-refractivity contribution is 0.0700. The van der Waals surface area contributed by atoms with E-state index < -0.39 is 18.9 Å². The van der Waals surface area contributed by atoms with Crippen LogP contribution in [0.25, 0.3) is 0 Å². The number of hydrogen-bond acceptors (Lipinski definition) is 4. The molecule has 2 N–H and O–H groups in total. The summed E-state index contributed by atoms with van der Waals surface area (Å²) in [7, 11) is 0. The van der Waals surface area contributed by atoms with Gasteiger partial charge in [-0.15, -0.1) is 11.3 Å². The maximum absolute atomic E-state index is 12.2. The van der Waals surface area contributed by atoms with Crippen molar-refractivity contribution in [2.75, 3.05) is 19.7 Å². The summed E-state index contributed by atoms with van der Waals surface area (Å²) in [5.74, 6) is -1.02. The number of halogens is 2. The van der Waals surface area contributed by atoms with Gasteiger partial charge in [0, 0.05) is 18.0 Å². The molecular weight excluding hydrogens is 252 g/mol. The molecule has 0 aromatic carbocycles. The number of nitrogens with zero attached hydrogens (tertiary/aromatic N) is 1. The van der Waals surface area contributed by atoms with E-state index in [1.54, 1.807) is 6.07 Å². The number of rotatable bonds is 7. The Morgan fingerprint density at radius 3 is 2.65 bits per heavy atom. The van der Waals surface area contributed by atoms with Gasteiger partial charge in [-0.2, -0.15) is 0 Å². The van der Waals surface area contributed by atoms with Gasteiger partial charge in [0.25, 0.3) is 6.43 Å². The van der Waals surface area contributed by atoms with Crippen molar-refractivity contribution < 1.29 is 23.8 Å². The topological polar surface area (TPSA) is 60.8 Å². The second-order valence-corrected chi connectivity index (χ2v) is 4.59. The van der Waals surface area contributed by atoms with E-state index >= 15 is 0 Å². The Balaban J connectivity index is 2.61. The zero-order valence-corrected chi connectivity index (χ0v) is 9.79. The normalized spacial score (nSPS) is 11.4. The third-order valence-electron chi connectivity index (χ3n) is 2.06. The van der Waals surface area contributed by atoms with Gasteiger partial charge in [0.1, 0.15) is 4.88 Å². The Bertz CT molecular complexity index is 370. The average molecular weight is 265 g/mol. The smallest absolute Gasteiger partial charge is 0.345 e. The molecule has 0 fully saturated rings. The molecule has 7 heteroatoms. The lowest BCUT2D eigenvalue weighted by Crippen LogP contribution is -2.30. The van der Waals surface area contributed by atoms with E-state index in [0.717, 1.165) is 11.3 Å². The highest BCUT2D eigenvalue weighted by atomic mass is 32.1. The predicted molar refractivity (Wildman–Crippen MR) is 59.6 cm³/mol. The predicted octanol–water partition coefficient (Wildman–Crippen LogP) is 1.51. The molecule has 1 rings (SSSR count). The van der Waals surface area contributed by atoms with Crippen molar-refractivity contribution in [1.82, 2.24) is 4.90 Å². The van der Waals surface area contributed by atoms with Crippen LogP contribution in [-0.4, -0.2) is 47.2 Å². The van der Waals surface area contributed by atoms with Gasteiger partial charge in [-0.1, -0.05) is 0 Å². The van der Waals surface area contributed by atoms with Crippen LogP contribution in [0.1, 0.15) is 14.5 Å². The standard InChI is InChI=1S/C10H13F2NO3S/c11-9(12)6-13(3-4-14)5-7-1-2-8(17-7)10(15)16/h1-2,9,14H,3-6H2,(H,15,16). The molecule has 0 atom stereocenters. The Morgan fingerprint density at radius 1 is 1.47 bits per heavy atom. The number of aliphatic hydroxyl groups is 1. The number of aliphatic hydroxyl groups excluding tert-OH is 1. The van der Waals surface area contributed by atoms with Crippen molar-refractivity contribution in [3.63, 3.8) is 0 Å². The Labute approximate surface area is 101 Å². The van der Waals surface area contributed by atoms with Crippen molar-refractivity contribution >= 4 is 17.3 Å². The lowest BCUT2D eigenvalue weighted by Gasteiger charge is -2.19. The summed E-state index contributed by atoms with van der Waals surface area (Å²) in [5, 5.41) is 17.5. The number of hydrogen-bond donors (Lipinski definition) is 2. The van der Waals surface area contributed by atoms with Crippen LogP contribution < -0.4 is 0 Å². The van der Waals surface area contributed by atoms with Crippen LogP contribution in [-0.2, 0) is 6.54 Å². The van der Waals surface area contributed by atoms with E-state index in [0.29, 0.717) is 4.88 Å². The number of alkyl halides is 2. The van der Waals surface area contributed by atoms with Gasteiger partial charge in [-0.3, -0.25) is 4.90 Å². The van der Waals surface area contributed by atoms with E-state index in [9.17, 15) is 13.6 Å². The Hall–Kier alpha value is -1.05. The van der Waals surface area contributed by atoms with Crippen molar-refractivity contribution in [1.29, 1.82) is 0 Å². The summed E-state index contributed by atoms with van der Waals surface area (Å²) in [4.78, 5) is 12.9. The summed E-state index contributed by atoms with van der Waals surface area (Å²) in [6.45, 7) is -0.266. The molecule has 0 aliphatic carbocycles. The summed E-state index contributed by atoms with van der Waals surface area (Å²) in [5.41, 5.74) is 0. The van der Waals surface area contributed by atoms with Crippen LogP contribution in [0.4, 0.5) is 8.78 Å². The lowest BCUT2D eigenvalue weighted by atomic mass is 10.4. The zero-order chi connectivity index (χ0) is 12.8. The maximum Gasteiger partial charge on any atom is 0.345 e. The molecule has 0 aliphatic rings. The molecule has 1 aromatic heterocycles. The number of thiophene rings is 1. The summed E-state index contributed by atoms with van der Waals surface area (Å²) >= 11 is 1.05. The molecule has 0 saturated carbocycles. The quantitative estimate of drug-likeness (QED) is 0.784. The fourth-order valence-electron chi connectivity index (χ4n) is 1.37. The fourth-order valence-corrected chi connectivity index (χ4v) is 2.26. The number of carbonyl (C=O) groups is 1. The minimum absolute atomic E-state index is 0.143. The monoisotopic (exact) mass is 265 g/mol. The first kappa shape index (κ1) is 14.0. The summed E-state index contributed by atoms with van der Waals surface area (Å²) in [6, 6.07) is 3.05. The molecule has 0 amide bonds. The van der Waals surface area contributed by atoms with Crippen molar-refractivity contribution in [3.8, 4) is 0 Å². The molecule has 0 spiro atoms. The molecule has 0 saturated heterocycles. The first-order valence-electron chi connectivity index (χ1n) is 4.96. The third-order valence-corrected chi connectivity index (χ3v) is 3.12. The van der Waals surface area contributed by atoms with Crippen LogP contribution >= 0.6 is 11.3 Å². The molecule has 0 radical (unpaired) electrons. The second-order valence-electron chi connectivity index (χ2n) is 3.42. The minimum atomic E-state index is -2.47. The van der Waals surface area contributed by atoms with Gasteiger partial charge >= 0.3 is 5.97 Å². The van der Waals surface area contributed by atoms with E-state index in [4.69, 9.17) is 10.2 Å². The number of carboxylic acid groups (broad SMARTS) is 1. The largest absolute Gasteiger partial charge is 0.477 e. The molecule has 96 valence electrons. The molecule has 4 nitrogen and oxygen atoms in total. The second kappa shape index (κ2) is 6.63. The van der Waals surface area contributed by atoms with Crippen molar-refractivity contribution in [3.05, 3.63) is 21.9 Å². The fraction of sp³-hybridized carbons (Fsp3) is 0.500. The molecule has 0 aliphatic heterocycles. The van der Waals surface area contributed by atoms with Crippen molar-refractivity contribution in [2.45, 2.75) is 13.0 Å². The molecule has 1 heterocycles. The molecular formula is C10H13F2NO3S. The van der Waals surface area contributed by atoms with Gasteiger partial charge in [-0.05, 0) is 12.1 Å². The van der Waals surface area contributed by atoms with Gasteiger partial charge in [-0.25, -0.2) is 13.6 Å². The first-order valence-corrected chi connectivity index (χ1v) is 5.78. The van der Waals surface area contributed by atoms with E-state index in [1.165, 1.54) is 11.0 Å². The van der Waals surface area contributed by atoms with Crippen LogP contribution in [0, 0.1) is 0 Å². The van der Waals surface area contributed by atoms with E-state index in [2.05, 4.69) is 0 Å². The van der Waals surface area contributed by atoms with Gasteiger partial charge < -0.3 is 10.2 Å². The van der Waals surface area contributed by atoms with Crippen LogP contribution in [0.2, 0.25) is 0 Å². The maximum atomic E-state index is 12.2. The molecule has 0 unspecified atom stereocenters. The van der Waals surface area contributed by atoms with Gasteiger partial charge in [0.15, 0.2) is 0 Å². The van der Waals surface area contributed by atoms with E-state index in [1.807, 2.05) is 0 Å². The molecule has 1 aromatic rings. The number of carboxylic acids is 1. The zero-order valence-electron chi connectivity index (χ0n) is 8.97. The highest BCUT2D eigenvalue weighted by Crippen LogP contribution is 2.18. The highest BCUT2D eigenvalue weighted by molar-refractivity contribution is 7.13. The molecule has 0 bridgehead atoms.